The van der Waals surface area contributed by atoms with Gasteiger partial charge in [0.1, 0.15) is 5.75 Å². The van der Waals surface area contributed by atoms with Crippen molar-refractivity contribution in [3.05, 3.63) is 35.9 Å². The normalized spacial score (nSPS) is 10.5. The van der Waals surface area contributed by atoms with E-state index in [1.807, 2.05) is 6.92 Å². The predicted molar refractivity (Wildman–Crippen MR) is 60.4 cm³/mol. The number of hydrogen-bond donors (Lipinski definition) is 2. The zero-order chi connectivity index (χ0) is 11.1. The second-order valence-electron chi connectivity index (χ2n) is 3.22. The first-order chi connectivity index (χ1) is 7.22. The van der Waals surface area contributed by atoms with Crippen LogP contribution in [0.5, 0.6) is 5.75 Å². The van der Waals surface area contributed by atoms with Gasteiger partial charge in [0.15, 0.2) is 0 Å². The lowest BCUT2D eigenvalue weighted by molar-refractivity contribution is -0.116. The Hall–Kier alpha value is -1.77. The maximum absolute atomic E-state index is 11.2. The fraction of sp³-hybridized carbons (Fsp3) is 0.250. The second kappa shape index (κ2) is 5.86. The molecule has 0 spiro atoms. The molecule has 3 nitrogen and oxygen atoms in total. The summed E-state index contributed by atoms with van der Waals surface area (Å²) in [6.07, 6.45) is 4.13. The zero-order valence-electron chi connectivity index (χ0n) is 8.73. The Balaban J connectivity index is 2.50. The number of hydrogen-bond acceptors (Lipinski definition) is 2. The van der Waals surface area contributed by atoms with E-state index in [9.17, 15) is 4.79 Å². The molecule has 0 aliphatic carbocycles. The first kappa shape index (κ1) is 11.3. The first-order valence-corrected chi connectivity index (χ1v) is 4.97. The van der Waals surface area contributed by atoms with E-state index in [1.165, 1.54) is 6.08 Å². The van der Waals surface area contributed by atoms with Crippen LogP contribution >= 0.6 is 0 Å². The van der Waals surface area contributed by atoms with Crippen molar-refractivity contribution in [3.8, 4) is 5.75 Å². The summed E-state index contributed by atoms with van der Waals surface area (Å²) in [4.78, 5) is 11.2. The average molecular weight is 205 g/mol. The average Bonchev–Trinajstić information content (AvgIpc) is 2.25. The van der Waals surface area contributed by atoms with Crippen LogP contribution in [0.4, 0.5) is 0 Å². The number of carbonyl (C=O) groups excluding carboxylic acids is 1. The molecule has 1 aromatic rings. The van der Waals surface area contributed by atoms with Crippen molar-refractivity contribution in [2.75, 3.05) is 6.54 Å². The minimum atomic E-state index is -0.0927. The summed E-state index contributed by atoms with van der Waals surface area (Å²) < 4.78 is 0. The van der Waals surface area contributed by atoms with E-state index in [1.54, 1.807) is 30.3 Å². The smallest absolute Gasteiger partial charge is 0.243 e. The third-order valence-corrected chi connectivity index (χ3v) is 1.87. The Morgan fingerprint density at radius 3 is 2.67 bits per heavy atom. The van der Waals surface area contributed by atoms with Crippen molar-refractivity contribution >= 4 is 12.0 Å². The van der Waals surface area contributed by atoms with Crippen LogP contribution in [0.2, 0.25) is 0 Å². The minimum absolute atomic E-state index is 0.0927. The Bertz CT molecular complexity index is 341. The molecule has 0 saturated carbocycles. The van der Waals surface area contributed by atoms with Gasteiger partial charge in [0, 0.05) is 12.6 Å². The summed E-state index contributed by atoms with van der Waals surface area (Å²) in [6.45, 7) is 2.70. The van der Waals surface area contributed by atoms with E-state index in [0.29, 0.717) is 6.54 Å². The predicted octanol–water partition coefficient (Wildman–Crippen LogP) is 1.93. The lowest BCUT2D eigenvalue weighted by Gasteiger charge is -1.97. The van der Waals surface area contributed by atoms with Crippen LogP contribution in [0.3, 0.4) is 0 Å². The molecule has 0 radical (unpaired) electrons. The molecule has 1 aromatic carbocycles. The minimum Gasteiger partial charge on any atom is -0.508 e. The molecule has 3 heteroatoms. The summed E-state index contributed by atoms with van der Waals surface area (Å²) in [5.74, 6) is 0.132. The van der Waals surface area contributed by atoms with Gasteiger partial charge in [0.2, 0.25) is 5.91 Å². The van der Waals surface area contributed by atoms with Crippen LogP contribution in [0.15, 0.2) is 30.3 Å². The second-order valence-corrected chi connectivity index (χ2v) is 3.22. The number of benzene rings is 1. The SMILES string of the molecule is CCCNC(=O)/C=C/c1ccc(O)cc1. The van der Waals surface area contributed by atoms with Crippen molar-refractivity contribution in [2.24, 2.45) is 0 Å². The Kier molecular flexibility index (Phi) is 4.41. The third kappa shape index (κ3) is 4.31. The highest BCUT2D eigenvalue weighted by Crippen LogP contribution is 2.10. The number of nitrogens with one attached hydrogen (secondary N) is 1. The van der Waals surface area contributed by atoms with Gasteiger partial charge in [-0.15, -0.1) is 0 Å². The summed E-state index contributed by atoms with van der Waals surface area (Å²) >= 11 is 0. The van der Waals surface area contributed by atoms with Crippen molar-refractivity contribution in [2.45, 2.75) is 13.3 Å². The van der Waals surface area contributed by atoms with Gasteiger partial charge in [-0.25, -0.2) is 0 Å². The van der Waals surface area contributed by atoms with Gasteiger partial charge in [0.05, 0.1) is 0 Å². The Labute approximate surface area is 89.4 Å². The van der Waals surface area contributed by atoms with E-state index < -0.39 is 0 Å². The Morgan fingerprint density at radius 1 is 1.40 bits per heavy atom. The number of aromatic hydroxyl groups is 1. The van der Waals surface area contributed by atoms with Crippen LogP contribution < -0.4 is 5.32 Å². The molecule has 0 aromatic heterocycles. The molecular weight excluding hydrogens is 190 g/mol. The van der Waals surface area contributed by atoms with Crippen LogP contribution in [0.1, 0.15) is 18.9 Å². The lowest BCUT2D eigenvalue weighted by Crippen LogP contribution is -2.21. The van der Waals surface area contributed by atoms with Crippen molar-refractivity contribution in [1.29, 1.82) is 0 Å². The number of carbonyl (C=O) groups is 1. The largest absolute Gasteiger partial charge is 0.508 e. The van der Waals surface area contributed by atoms with Gasteiger partial charge in [-0.3, -0.25) is 4.79 Å². The first-order valence-electron chi connectivity index (χ1n) is 4.97. The molecule has 0 atom stereocenters. The van der Waals surface area contributed by atoms with E-state index in [0.717, 1.165) is 12.0 Å². The number of phenols is 1. The molecule has 0 aliphatic rings. The van der Waals surface area contributed by atoms with Gasteiger partial charge in [-0.05, 0) is 30.2 Å². The molecule has 0 saturated heterocycles. The van der Waals surface area contributed by atoms with Crippen LogP contribution in [-0.2, 0) is 4.79 Å². The van der Waals surface area contributed by atoms with E-state index >= 15 is 0 Å². The maximum Gasteiger partial charge on any atom is 0.243 e. The fourth-order valence-electron chi connectivity index (χ4n) is 1.06. The summed E-state index contributed by atoms with van der Waals surface area (Å²) in [6, 6.07) is 6.67. The van der Waals surface area contributed by atoms with E-state index in [-0.39, 0.29) is 11.7 Å². The number of amides is 1. The van der Waals surface area contributed by atoms with Crippen LogP contribution in [-0.4, -0.2) is 17.6 Å². The van der Waals surface area contributed by atoms with Gasteiger partial charge in [0.25, 0.3) is 0 Å². The summed E-state index contributed by atoms with van der Waals surface area (Å²) in [5.41, 5.74) is 0.888. The van der Waals surface area contributed by atoms with Crippen molar-refractivity contribution in [1.82, 2.24) is 5.32 Å². The molecule has 0 fully saturated rings. The molecule has 0 bridgehead atoms. The quantitative estimate of drug-likeness (QED) is 0.738. The highest BCUT2D eigenvalue weighted by molar-refractivity contribution is 5.91. The highest BCUT2D eigenvalue weighted by Gasteiger charge is 1.93. The summed E-state index contributed by atoms with van der Waals surface area (Å²) in [5, 5.41) is 11.8. The maximum atomic E-state index is 11.2. The van der Waals surface area contributed by atoms with Crippen LogP contribution in [0, 0.1) is 0 Å². The van der Waals surface area contributed by atoms with Crippen LogP contribution in [0.25, 0.3) is 6.08 Å². The zero-order valence-corrected chi connectivity index (χ0v) is 8.73. The topological polar surface area (TPSA) is 49.3 Å². The van der Waals surface area contributed by atoms with Crippen molar-refractivity contribution < 1.29 is 9.90 Å². The standard InChI is InChI=1S/C12H15NO2/c1-2-9-13-12(15)8-5-10-3-6-11(14)7-4-10/h3-8,14H,2,9H2,1H3,(H,13,15)/b8-5+. The number of phenolic OH excluding ortho intramolecular Hbond substituents is 1. The van der Waals surface area contributed by atoms with Gasteiger partial charge in [-0.2, -0.15) is 0 Å². The van der Waals surface area contributed by atoms with Gasteiger partial charge >= 0.3 is 0 Å². The molecule has 80 valence electrons. The molecule has 2 N–H and O–H groups in total. The van der Waals surface area contributed by atoms with Gasteiger partial charge < -0.3 is 10.4 Å². The molecule has 0 heterocycles. The van der Waals surface area contributed by atoms with Crippen molar-refractivity contribution in [3.63, 3.8) is 0 Å². The molecule has 0 aliphatic heterocycles. The molecule has 15 heavy (non-hydrogen) atoms. The Morgan fingerprint density at radius 2 is 2.07 bits per heavy atom. The molecule has 1 rings (SSSR count). The monoisotopic (exact) mass is 205 g/mol. The lowest BCUT2D eigenvalue weighted by atomic mass is 10.2. The van der Waals surface area contributed by atoms with E-state index in [4.69, 9.17) is 5.11 Å². The highest BCUT2D eigenvalue weighted by atomic mass is 16.3. The molecule has 1 amide bonds. The molecule has 0 unspecified atom stereocenters. The molecular formula is C12H15NO2. The van der Waals surface area contributed by atoms with E-state index in [2.05, 4.69) is 5.32 Å². The third-order valence-electron chi connectivity index (χ3n) is 1.87. The fourth-order valence-corrected chi connectivity index (χ4v) is 1.06. The summed E-state index contributed by atoms with van der Waals surface area (Å²) in [7, 11) is 0. The number of rotatable bonds is 4. The van der Waals surface area contributed by atoms with Gasteiger partial charge in [-0.1, -0.05) is 19.1 Å².